The van der Waals surface area contributed by atoms with Crippen molar-refractivity contribution in [3.63, 3.8) is 0 Å². The zero-order valence-corrected chi connectivity index (χ0v) is 14.2. The maximum Gasteiger partial charge on any atom is 0.422 e. The van der Waals surface area contributed by atoms with E-state index in [1.807, 2.05) is 0 Å². The van der Waals surface area contributed by atoms with Gasteiger partial charge in [-0.15, -0.1) is 0 Å². The molecule has 0 aliphatic rings. The third-order valence-corrected chi connectivity index (χ3v) is 4.44. The van der Waals surface area contributed by atoms with E-state index in [-0.39, 0.29) is 5.75 Å². The van der Waals surface area contributed by atoms with E-state index in [1.54, 1.807) is 31.4 Å². The van der Waals surface area contributed by atoms with Gasteiger partial charge in [-0.1, -0.05) is 6.07 Å². The summed E-state index contributed by atoms with van der Waals surface area (Å²) < 4.78 is 53.8. The second-order valence-corrected chi connectivity index (χ2v) is 6.78. The number of benzene rings is 1. The molecule has 2 aromatic heterocycles. The van der Waals surface area contributed by atoms with Crippen molar-refractivity contribution >= 4 is 22.2 Å². The van der Waals surface area contributed by atoms with Gasteiger partial charge in [-0.25, -0.2) is 4.98 Å². The van der Waals surface area contributed by atoms with Crippen LogP contribution in [0.1, 0.15) is 5.56 Å². The van der Waals surface area contributed by atoms with Gasteiger partial charge >= 0.3 is 6.18 Å². The molecular formula is C16H14F3N3O2S. The molecule has 25 heavy (non-hydrogen) atoms. The number of nitrogens with one attached hydrogen (secondary N) is 1. The van der Waals surface area contributed by atoms with Gasteiger partial charge in [0.05, 0.1) is 5.52 Å². The molecule has 1 unspecified atom stereocenters. The van der Waals surface area contributed by atoms with Gasteiger partial charge in [0.25, 0.3) is 0 Å². The Morgan fingerprint density at radius 2 is 2.08 bits per heavy atom. The SMILES string of the molecule is Cc1cnc(-c2nc3cccc([S+](C)[O-])c3[nH]2)cc1OCC(F)(F)F. The molecule has 1 aromatic carbocycles. The van der Waals surface area contributed by atoms with Gasteiger partial charge in [0.1, 0.15) is 23.2 Å². The third-order valence-electron chi connectivity index (χ3n) is 3.48. The van der Waals surface area contributed by atoms with Crippen LogP contribution in [0.25, 0.3) is 22.6 Å². The lowest BCUT2D eigenvalue weighted by Gasteiger charge is -2.11. The molecule has 0 saturated heterocycles. The van der Waals surface area contributed by atoms with E-state index >= 15 is 0 Å². The standard InChI is InChI=1S/C16H14F3N3O2S/c1-9-7-20-11(6-12(9)24-8-16(17,18)19)15-21-10-4-3-5-13(25(2)23)14(10)22-15/h3-7H,8H2,1-2H3,(H,21,22). The number of fused-ring (bicyclic) bond motifs is 1. The van der Waals surface area contributed by atoms with E-state index in [2.05, 4.69) is 15.0 Å². The second kappa shape index (κ2) is 6.57. The van der Waals surface area contributed by atoms with Crippen molar-refractivity contribution in [2.24, 2.45) is 0 Å². The number of nitrogens with zero attached hydrogens (tertiary/aromatic N) is 2. The fourth-order valence-electron chi connectivity index (χ4n) is 2.32. The summed E-state index contributed by atoms with van der Waals surface area (Å²) in [6, 6.07) is 6.62. The number of H-pyrrole nitrogens is 1. The fourth-order valence-corrected chi connectivity index (χ4v) is 3.03. The Hall–Kier alpha value is -2.26. The number of aryl methyl sites for hydroxylation is 1. The lowest BCUT2D eigenvalue weighted by atomic mass is 10.2. The number of ether oxygens (including phenoxy) is 1. The van der Waals surface area contributed by atoms with Gasteiger partial charge in [-0.2, -0.15) is 13.2 Å². The van der Waals surface area contributed by atoms with Gasteiger partial charge in [-0.3, -0.25) is 4.98 Å². The first-order valence-electron chi connectivity index (χ1n) is 7.23. The number of pyridine rings is 1. The highest BCUT2D eigenvalue weighted by molar-refractivity contribution is 7.91. The topological polar surface area (TPSA) is 73.9 Å². The minimum atomic E-state index is -4.42. The Morgan fingerprint density at radius 3 is 2.76 bits per heavy atom. The lowest BCUT2D eigenvalue weighted by Crippen LogP contribution is -2.19. The van der Waals surface area contributed by atoms with E-state index in [9.17, 15) is 17.7 Å². The van der Waals surface area contributed by atoms with Gasteiger partial charge in [0, 0.05) is 17.8 Å². The minimum absolute atomic E-state index is 0.0853. The quantitative estimate of drug-likeness (QED) is 0.713. The second-order valence-electron chi connectivity index (χ2n) is 5.43. The van der Waals surface area contributed by atoms with E-state index in [0.29, 0.717) is 33.0 Å². The normalized spacial score (nSPS) is 13.2. The molecule has 0 bridgehead atoms. The minimum Gasteiger partial charge on any atom is -0.612 e. The Balaban J connectivity index is 1.99. The Kier molecular flexibility index (Phi) is 4.61. The number of para-hydroxylation sites is 1. The van der Waals surface area contributed by atoms with E-state index in [1.165, 1.54) is 12.3 Å². The van der Waals surface area contributed by atoms with Gasteiger partial charge in [0.15, 0.2) is 17.3 Å². The number of aromatic nitrogens is 3. The van der Waals surface area contributed by atoms with Crippen molar-refractivity contribution in [1.29, 1.82) is 0 Å². The average molecular weight is 369 g/mol. The monoisotopic (exact) mass is 369 g/mol. The van der Waals surface area contributed by atoms with Crippen molar-refractivity contribution in [3.8, 4) is 17.3 Å². The Bertz CT molecular complexity index is 909. The number of aromatic amines is 1. The van der Waals surface area contributed by atoms with E-state index in [4.69, 9.17) is 4.74 Å². The summed E-state index contributed by atoms with van der Waals surface area (Å²) in [5, 5.41) is 0. The number of hydrogen-bond acceptors (Lipinski definition) is 4. The molecule has 9 heteroatoms. The maximum absolute atomic E-state index is 12.4. The number of rotatable bonds is 4. The molecule has 0 radical (unpaired) electrons. The number of hydrogen-bond donors (Lipinski definition) is 1. The first-order valence-corrected chi connectivity index (χ1v) is 8.79. The summed E-state index contributed by atoms with van der Waals surface area (Å²) in [6.45, 7) is 0.232. The number of imidazole rings is 1. The maximum atomic E-state index is 12.4. The molecule has 3 rings (SSSR count). The van der Waals surface area contributed by atoms with Gasteiger partial charge in [-0.05, 0) is 30.2 Å². The zero-order valence-electron chi connectivity index (χ0n) is 13.3. The van der Waals surface area contributed by atoms with Crippen molar-refractivity contribution < 1.29 is 22.5 Å². The van der Waals surface area contributed by atoms with E-state index < -0.39 is 24.0 Å². The van der Waals surface area contributed by atoms with Gasteiger partial charge < -0.3 is 14.3 Å². The molecule has 0 aliphatic carbocycles. The summed E-state index contributed by atoms with van der Waals surface area (Å²) in [7, 11) is 0. The molecule has 0 aliphatic heterocycles. The van der Waals surface area contributed by atoms with E-state index in [0.717, 1.165) is 0 Å². The highest BCUT2D eigenvalue weighted by atomic mass is 32.2. The molecule has 5 nitrogen and oxygen atoms in total. The van der Waals surface area contributed by atoms with Crippen molar-refractivity contribution in [3.05, 3.63) is 36.0 Å². The van der Waals surface area contributed by atoms with Crippen LogP contribution in [0.5, 0.6) is 5.75 Å². The lowest BCUT2D eigenvalue weighted by molar-refractivity contribution is -0.153. The smallest absolute Gasteiger partial charge is 0.422 e. The first kappa shape index (κ1) is 17.6. The number of alkyl halides is 3. The van der Waals surface area contributed by atoms with Crippen molar-refractivity contribution in [1.82, 2.24) is 15.0 Å². The summed E-state index contributed by atoms with van der Waals surface area (Å²) in [5.41, 5.74) is 2.03. The van der Waals surface area contributed by atoms with Crippen LogP contribution in [-0.2, 0) is 11.2 Å². The molecular weight excluding hydrogens is 355 g/mol. The van der Waals surface area contributed by atoms with Crippen LogP contribution in [0, 0.1) is 6.92 Å². The largest absolute Gasteiger partial charge is 0.612 e. The number of halogens is 3. The highest BCUT2D eigenvalue weighted by Crippen LogP contribution is 2.28. The predicted molar refractivity (Wildman–Crippen MR) is 87.9 cm³/mol. The van der Waals surface area contributed by atoms with Crippen LogP contribution in [0.4, 0.5) is 13.2 Å². The Labute approximate surface area is 144 Å². The van der Waals surface area contributed by atoms with Gasteiger partial charge in [0.2, 0.25) is 0 Å². The molecule has 0 spiro atoms. The van der Waals surface area contributed by atoms with Crippen LogP contribution in [0.2, 0.25) is 0 Å². The molecule has 1 N–H and O–H groups in total. The molecule has 0 amide bonds. The average Bonchev–Trinajstić information content (AvgIpc) is 2.97. The summed E-state index contributed by atoms with van der Waals surface area (Å²) in [4.78, 5) is 12.2. The highest BCUT2D eigenvalue weighted by Gasteiger charge is 2.28. The third kappa shape index (κ3) is 3.88. The molecule has 3 aromatic rings. The summed E-state index contributed by atoms with van der Waals surface area (Å²) in [5.74, 6) is 0.451. The predicted octanol–water partition coefficient (Wildman–Crippen LogP) is 3.61. The fraction of sp³-hybridized carbons (Fsp3) is 0.250. The van der Waals surface area contributed by atoms with Crippen LogP contribution in [-0.4, -0.2) is 38.5 Å². The summed E-state index contributed by atoms with van der Waals surface area (Å²) in [6.07, 6.45) is -1.44. The molecule has 132 valence electrons. The van der Waals surface area contributed by atoms with Crippen molar-refractivity contribution in [2.45, 2.75) is 18.0 Å². The van der Waals surface area contributed by atoms with Crippen LogP contribution in [0.15, 0.2) is 35.4 Å². The van der Waals surface area contributed by atoms with Crippen LogP contribution >= 0.6 is 0 Å². The van der Waals surface area contributed by atoms with Crippen LogP contribution in [0.3, 0.4) is 0 Å². The molecule has 0 fully saturated rings. The molecule has 1 atom stereocenters. The zero-order chi connectivity index (χ0) is 18.2. The van der Waals surface area contributed by atoms with Crippen LogP contribution < -0.4 is 4.74 Å². The summed E-state index contributed by atoms with van der Waals surface area (Å²) >= 11 is -1.21. The first-order chi connectivity index (χ1) is 11.7. The van der Waals surface area contributed by atoms with Crippen molar-refractivity contribution in [2.75, 3.05) is 12.9 Å². The molecule has 2 heterocycles. The Morgan fingerprint density at radius 1 is 1.32 bits per heavy atom. The molecule has 0 saturated carbocycles.